The van der Waals surface area contributed by atoms with Gasteiger partial charge in [-0.15, -0.1) is 11.3 Å². The number of piperidine rings is 1. The van der Waals surface area contributed by atoms with Gasteiger partial charge in [0, 0.05) is 24.3 Å². The summed E-state index contributed by atoms with van der Waals surface area (Å²) in [6.45, 7) is 10.2. The minimum atomic E-state index is -1.11. The molecule has 1 aliphatic heterocycles. The van der Waals surface area contributed by atoms with E-state index in [0.29, 0.717) is 17.8 Å². The summed E-state index contributed by atoms with van der Waals surface area (Å²) in [6, 6.07) is 7.56. The standard InChI is InChI=1S/C35H52N4O7S/c1-7-14-30(41)46-22-39(34(43)31(24(5)8-2)37-32(42)27-17-12-13-18-38(27)6)28(23(3)4)19-29(40)33-36-26(21-47-33)35(44)45-20-25-15-10-9-11-16-25/h9-11,15-16,21,23-24,27-29,31,40H,7-8,12-14,17-20,22H2,1-6H3,(H,37,42)/t24-,27+,28+,29+,31-/m0/s1. The molecule has 0 unspecified atom stereocenters. The molecule has 3 rings (SSSR count). The van der Waals surface area contributed by atoms with Gasteiger partial charge in [-0.1, -0.05) is 77.8 Å². The molecule has 12 heteroatoms. The molecule has 2 amide bonds. The Morgan fingerprint density at radius 1 is 1.11 bits per heavy atom. The Morgan fingerprint density at radius 2 is 1.83 bits per heavy atom. The van der Waals surface area contributed by atoms with Crippen LogP contribution < -0.4 is 5.32 Å². The van der Waals surface area contributed by atoms with E-state index in [1.807, 2.05) is 76.9 Å². The van der Waals surface area contributed by atoms with Gasteiger partial charge < -0.3 is 24.8 Å². The zero-order valence-electron chi connectivity index (χ0n) is 28.6. The van der Waals surface area contributed by atoms with Crippen LogP contribution in [-0.2, 0) is 30.5 Å². The molecule has 0 saturated carbocycles. The van der Waals surface area contributed by atoms with Gasteiger partial charge in [-0.3, -0.25) is 19.3 Å². The number of aromatic nitrogens is 1. The summed E-state index contributed by atoms with van der Waals surface area (Å²) < 4.78 is 11.0. The number of ether oxygens (including phenoxy) is 2. The maximum atomic E-state index is 14.4. The minimum absolute atomic E-state index is 0.0767. The van der Waals surface area contributed by atoms with Crippen LogP contribution in [0.1, 0.15) is 107 Å². The van der Waals surface area contributed by atoms with E-state index < -0.39 is 30.1 Å². The average Bonchev–Trinajstić information content (AvgIpc) is 3.56. The smallest absolute Gasteiger partial charge is 0.358 e. The lowest BCUT2D eigenvalue weighted by Gasteiger charge is -2.39. The fraction of sp³-hybridized carbons (Fsp3) is 0.629. The number of rotatable bonds is 17. The summed E-state index contributed by atoms with van der Waals surface area (Å²) >= 11 is 1.13. The molecular formula is C35H52N4O7S. The number of benzene rings is 1. The molecule has 2 aromatic rings. The number of hydrogen-bond donors (Lipinski definition) is 2. The Kier molecular flexibility index (Phi) is 15.3. The fourth-order valence-electron chi connectivity index (χ4n) is 5.68. The summed E-state index contributed by atoms with van der Waals surface area (Å²) in [5.74, 6) is -1.95. The number of amides is 2. The molecule has 11 nitrogen and oxygen atoms in total. The highest BCUT2D eigenvalue weighted by atomic mass is 32.1. The number of likely N-dealkylation sites (N-methyl/N-ethyl adjacent to an activating group) is 1. The number of aliphatic hydroxyl groups excluding tert-OH is 1. The van der Waals surface area contributed by atoms with Crippen molar-refractivity contribution in [3.05, 3.63) is 52.0 Å². The highest BCUT2D eigenvalue weighted by Crippen LogP contribution is 2.29. The number of esters is 2. The molecule has 5 atom stereocenters. The molecule has 2 N–H and O–H groups in total. The Hall–Kier alpha value is -3.35. The van der Waals surface area contributed by atoms with Crippen molar-refractivity contribution in [3.63, 3.8) is 0 Å². The van der Waals surface area contributed by atoms with Crippen molar-refractivity contribution in [2.24, 2.45) is 11.8 Å². The number of nitrogens with one attached hydrogen (secondary N) is 1. The number of aliphatic hydroxyl groups is 1. The van der Waals surface area contributed by atoms with Gasteiger partial charge in [0.15, 0.2) is 12.4 Å². The molecule has 1 saturated heterocycles. The summed E-state index contributed by atoms with van der Waals surface area (Å²) in [5, 5.41) is 16.2. The van der Waals surface area contributed by atoms with E-state index in [4.69, 9.17) is 9.47 Å². The van der Waals surface area contributed by atoms with Gasteiger partial charge in [-0.05, 0) is 50.3 Å². The Labute approximate surface area is 283 Å². The molecule has 1 fully saturated rings. The summed E-state index contributed by atoms with van der Waals surface area (Å²) in [6.07, 6.45) is 3.10. The van der Waals surface area contributed by atoms with Crippen LogP contribution >= 0.6 is 11.3 Å². The normalized spacial score (nSPS) is 17.7. The van der Waals surface area contributed by atoms with E-state index in [1.54, 1.807) is 5.38 Å². The molecular weight excluding hydrogens is 620 g/mol. The molecule has 260 valence electrons. The van der Waals surface area contributed by atoms with Crippen LogP contribution in [0.15, 0.2) is 35.7 Å². The molecule has 1 aromatic heterocycles. The Morgan fingerprint density at radius 3 is 2.47 bits per heavy atom. The van der Waals surface area contributed by atoms with E-state index in [9.17, 15) is 24.3 Å². The van der Waals surface area contributed by atoms with Crippen molar-refractivity contribution in [2.75, 3.05) is 20.3 Å². The second-order valence-electron chi connectivity index (χ2n) is 12.8. The maximum Gasteiger partial charge on any atom is 0.358 e. The Bertz CT molecular complexity index is 1300. The average molecular weight is 673 g/mol. The predicted molar refractivity (Wildman–Crippen MR) is 180 cm³/mol. The largest absolute Gasteiger partial charge is 0.456 e. The van der Waals surface area contributed by atoms with Crippen LogP contribution in [0.5, 0.6) is 0 Å². The number of carbonyl (C=O) groups is 4. The first-order valence-electron chi connectivity index (χ1n) is 16.8. The van der Waals surface area contributed by atoms with Gasteiger partial charge in [-0.2, -0.15) is 0 Å². The first-order valence-corrected chi connectivity index (χ1v) is 17.7. The van der Waals surface area contributed by atoms with Crippen molar-refractivity contribution >= 4 is 35.1 Å². The van der Waals surface area contributed by atoms with Gasteiger partial charge >= 0.3 is 11.9 Å². The highest BCUT2D eigenvalue weighted by molar-refractivity contribution is 7.09. The third-order valence-electron chi connectivity index (χ3n) is 8.82. The van der Waals surface area contributed by atoms with Crippen LogP contribution in [0, 0.1) is 11.8 Å². The van der Waals surface area contributed by atoms with E-state index in [1.165, 1.54) is 4.90 Å². The highest BCUT2D eigenvalue weighted by Gasteiger charge is 2.38. The van der Waals surface area contributed by atoms with Crippen molar-refractivity contribution in [1.82, 2.24) is 20.1 Å². The van der Waals surface area contributed by atoms with E-state index in [-0.39, 0.29) is 61.6 Å². The maximum absolute atomic E-state index is 14.4. The quantitative estimate of drug-likeness (QED) is 0.174. The molecule has 0 radical (unpaired) electrons. The monoisotopic (exact) mass is 672 g/mol. The van der Waals surface area contributed by atoms with Crippen molar-refractivity contribution in [1.29, 1.82) is 0 Å². The number of carbonyl (C=O) groups excluding carboxylic acids is 4. The third kappa shape index (κ3) is 11.1. The van der Waals surface area contributed by atoms with Crippen LogP contribution in [-0.4, -0.2) is 82.1 Å². The Balaban J connectivity index is 1.82. The van der Waals surface area contributed by atoms with Crippen LogP contribution in [0.25, 0.3) is 0 Å². The second-order valence-corrected chi connectivity index (χ2v) is 13.7. The molecule has 0 spiro atoms. The fourth-order valence-corrected chi connectivity index (χ4v) is 6.46. The predicted octanol–water partition coefficient (Wildman–Crippen LogP) is 5.09. The summed E-state index contributed by atoms with van der Waals surface area (Å²) in [4.78, 5) is 60.9. The second kappa shape index (κ2) is 18.8. The van der Waals surface area contributed by atoms with Gasteiger partial charge in [0.25, 0.3) is 0 Å². The number of likely N-dealkylation sites (tertiary alicyclic amines) is 1. The lowest BCUT2D eigenvalue weighted by atomic mass is 9.92. The number of hydrogen-bond acceptors (Lipinski definition) is 10. The molecule has 47 heavy (non-hydrogen) atoms. The van der Waals surface area contributed by atoms with Gasteiger partial charge in [0.1, 0.15) is 23.8 Å². The van der Waals surface area contributed by atoms with Crippen LogP contribution in [0.2, 0.25) is 0 Å². The topological polar surface area (TPSA) is 138 Å². The van der Waals surface area contributed by atoms with E-state index in [2.05, 4.69) is 10.3 Å². The van der Waals surface area contributed by atoms with E-state index >= 15 is 0 Å². The minimum Gasteiger partial charge on any atom is -0.456 e. The zero-order chi connectivity index (χ0) is 34.5. The van der Waals surface area contributed by atoms with Gasteiger partial charge in [-0.25, -0.2) is 9.78 Å². The molecule has 1 aromatic carbocycles. The molecule has 0 bridgehead atoms. The van der Waals surface area contributed by atoms with Crippen LogP contribution in [0.4, 0.5) is 0 Å². The summed E-state index contributed by atoms with van der Waals surface area (Å²) in [5.41, 5.74) is 0.938. The van der Waals surface area contributed by atoms with E-state index in [0.717, 1.165) is 42.7 Å². The SMILES string of the molecule is CCCC(=O)OCN(C(=O)[C@@H](NC(=O)[C@H]1CCCCN1C)[C@@H](C)CC)[C@H](C[C@@H](O)c1nc(C(=O)OCc2ccccc2)cs1)C(C)C. The third-order valence-corrected chi connectivity index (χ3v) is 9.76. The summed E-state index contributed by atoms with van der Waals surface area (Å²) in [7, 11) is 1.92. The van der Waals surface area contributed by atoms with Crippen molar-refractivity contribution in [2.45, 2.75) is 110 Å². The van der Waals surface area contributed by atoms with Gasteiger partial charge in [0.2, 0.25) is 11.8 Å². The molecule has 1 aliphatic rings. The van der Waals surface area contributed by atoms with Crippen LogP contribution in [0.3, 0.4) is 0 Å². The lowest BCUT2D eigenvalue weighted by molar-refractivity contribution is -0.159. The first kappa shape index (κ1) is 38.1. The lowest BCUT2D eigenvalue weighted by Crippen LogP contribution is -2.59. The first-order chi connectivity index (χ1) is 22.5. The number of thiazole rings is 1. The zero-order valence-corrected chi connectivity index (χ0v) is 29.5. The van der Waals surface area contributed by atoms with Gasteiger partial charge in [0.05, 0.1) is 6.04 Å². The van der Waals surface area contributed by atoms with Crippen molar-refractivity contribution < 1.29 is 33.8 Å². The number of nitrogens with zero attached hydrogens (tertiary/aromatic N) is 3. The van der Waals surface area contributed by atoms with Crippen molar-refractivity contribution in [3.8, 4) is 0 Å². The molecule has 0 aliphatic carbocycles. The molecule has 2 heterocycles.